The lowest BCUT2D eigenvalue weighted by Gasteiger charge is -1.92. The van der Waals surface area contributed by atoms with E-state index in [2.05, 4.69) is 25.6 Å². The van der Waals surface area contributed by atoms with Gasteiger partial charge in [-0.05, 0) is 37.1 Å². The zero-order valence-electron chi connectivity index (χ0n) is 10.3. The van der Waals surface area contributed by atoms with Crippen molar-refractivity contribution in [2.24, 2.45) is 0 Å². The minimum atomic E-state index is -0.162. The third-order valence-corrected chi connectivity index (χ3v) is 2.26. The van der Waals surface area contributed by atoms with Crippen LogP contribution in [0, 0.1) is 19.7 Å². The van der Waals surface area contributed by atoms with Crippen LogP contribution in [-0.4, -0.2) is 0 Å². The zero-order valence-corrected chi connectivity index (χ0v) is 10.3. The molecule has 17 heavy (non-hydrogen) atoms. The van der Waals surface area contributed by atoms with Crippen molar-refractivity contribution in [2.45, 2.75) is 13.8 Å². The van der Waals surface area contributed by atoms with Gasteiger partial charge >= 0.3 is 0 Å². The molecular weight excluding hydrogens is 211 g/mol. The Morgan fingerprint density at radius 1 is 0.941 bits per heavy atom. The number of aryl methyl sites for hydroxylation is 2. The predicted molar refractivity (Wildman–Crippen MR) is 72.4 cm³/mol. The summed E-state index contributed by atoms with van der Waals surface area (Å²) in [6.07, 6.45) is 1.85. The van der Waals surface area contributed by atoms with Gasteiger partial charge in [-0.1, -0.05) is 54.6 Å². The second-order valence-corrected chi connectivity index (χ2v) is 3.92. The predicted octanol–water partition coefficient (Wildman–Crippen LogP) is 4.77. The van der Waals surface area contributed by atoms with Gasteiger partial charge in [0.15, 0.2) is 0 Å². The molecule has 0 saturated carbocycles. The summed E-state index contributed by atoms with van der Waals surface area (Å²) >= 11 is 0. The fraction of sp³-hybridized carbons (Fsp3) is 0.125. The third kappa shape index (κ3) is 5.12. The highest BCUT2D eigenvalue weighted by Crippen LogP contribution is 2.03. The SMILES string of the molecule is C=Cc1cccc(C)c1.Cc1cccc(F)c1. The highest BCUT2D eigenvalue weighted by molar-refractivity contribution is 5.47. The lowest BCUT2D eigenvalue weighted by atomic mass is 10.1. The highest BCUT2D eigenvalue weighted by atomic mass is 19.1. The molecule has 2 aromatic carbocycles. The molecule has 0 fully saturated rings. The highest BCUT2D eigenvalue weighted by Gasteiger charge is 1.84. The van der Waals surface area contributed by atoms with Gasteiger partial charge in [0.25, 0.3) is 0 Å². The van der Waals surface area contributed by atoms with Crippen molar-refractivity contribution >= 4 is 6.08 Å². The molecule has 2 rings (SSSR count). The quantitative estimate of drug-likeness (QED) is 0.659. The first-order valence-corrected chi connectivity index (χ1v) is 5.53. The van der Waals surface area contributed by atoms with Crippen LogP contribution in [0.5, 0.6) is 0 Å². The molecule has 88 valence electrons. The number of hydrogen-bond acceptors (Lipinski definition) is 0. The van der Waals surface area contributed by atoms with Crippen LogP contribution < -0.4 is 0 Å². The largest absolute Gasteiger partial charge is 0.207 e. The van der Waals surface area contributed by atoms with E-state index in [1.165, 1.54) is 23.3 Å². The first-order chi connectivity index (χ1) is 8.11. The molecule has 0 saturated heterocycles. The van der Waals surface area contributed by atoms with Gasteiger partial charge in [-0.15, -0.1) is 0 Å². The van der Waals surface area contributed by atoms with Gasteiger partial charge in [0, 0.05) is 0 Å². The molecule has 0 aliphatic carbocycles. The smallest absolute Gasteiger partial charge is 0.123 e. The Morgan fingerprint density at radius 3 is 1.88 bits per heavy atom. The van der Waals surface area contributed by atoms with Crippen LogP contribution in [0.4, 0.5) is 4.39 Å². The molecule has 0 unspecified atom stereocenters. The third-order valence-electron chi connectivity index (χ3n) is 2.26. The summed E-state index contributed by atoms with van der Waals surface area (Å²) < 4.78 is 12.2. The number of rotatable bonds is 1. The van der Waals surface area contributed by atoms with Gasteiger partial charge in [0.2, 0.25) is 0 Å². The standard InChI is InChI=1S/C9H10.C7H7F/c1-3-9-6-4-5-8(2)7-9;1-6-3-2-4-7(8)5-6/h3-7H,1H2,2H3;2-5H,1H3. The van der Waals surface area contributed by atoms with Crippen molar-refractivity contribution in [3.63, 3.8) is 0 Å². The fourth-order valence-corrected chi connectivity index (χ4v) is 1.40. The van der Waals surface area contributed by atoms with Gasteiger partial charge in [-0.2, -0.15) is 0 Å². The van der Waals surface area contributed by atoms with E-state index in [1.807, 2.05) is 31.2 Å². The van der Waals surface area contributed by atoms with E-state index in [9.17, 15) is 4.39 Å². The van der Waals surface area contributed by atoms with Gasteiger partial charge in [0.05, 0.1) is 0 Å². The van der Waals surface area contributed by atoms with E-state index >= 15 is 0 Å². The maximum Gasteiger partial charge on any atom is 0.123 e. The molecule has 1 heteroatoms. The summed E-state index contributed by atoms with van der Waals surface area (Å²) in [6.45, 7) is 7.61. The second-order valence-electron chi connectivity index (χ2n) is 3.92. The topological polar surface area (TPSA) is 0 Å². The monoisotopic (exact) mass is 228 g/mol. The van der Waals surface area contributed by atoms with Crippen LogP contribution in [0.2, 0.25) is 0 Å². The Bertz CT molecular complexity index is 469. The molecule has 2 aromatic rings. The summed E-state index contributed by atoms with van der Waals surface area (Å²) in [5.74, 6) is -0.162. The van der Waals surface area contributed by atoms with Gasteiger partial charge in [-0.3, -0.25) is 0 Å². The minimum Gasteiger partial charge on any atom is -0.207 e. The molecule has 0 amide bonds. The molecule has 0 aromatic heterocycles. The first-order valence-electron chi connectivity index (χ1n) is 5.53. The Morgan fingerprint density at radius 2 is 1.53 bits per heavy atom. The van der Waals surface area contributed by atoms with Crippen LogP contribution in [-0.2, 0) is 0 Å². The van der Waals surface area contributed by atoms with E-state index in [-0.39, 0.29) is 5.82 Å². The van der Waals surface area contributed by atoms with E-state index in [1.54, 1.807) is 6.07 Å². The van der Waals surface area contributed by atoms with Crippen molar-refractivity contribution in [1.82, 2.24) is 0 Å². The Hall–Kier alpha value is -1.89. The Balaban J connectivity index is 0.000000171. The number of hydrogen-bond donors (Lipinski definition) is 0. The fourth-order valence-electron chi connectivity index (χ4n) is 1.40. The van der Waals surface area contributed by atoms with Crippen molar-refractivity contribution in [2.75, 3.05) is 0 Å². The normalized spacial score (nSPS) is 9.12. The van der Waals surface area contributed by atoms with E-state index in [0.717, 1.165) is 5.56 Å². The Kier molecular flexibility index (Phi) is 5.15. The van der Waals surface area contributed by atoms with Crippen LogP contribution in [0.25, 0.3) is 6.08 Å². The van der Waals surface area contributed by atoms with Crippen LogP contribution >= 0.6 is 0 Å². The molecule has 0 N–H and O–H groups in total. The van der Waals surface area contributed by atoms with Crippen LogP contribution in [0.15, 0.2) is 55.1 Å². The maximum absolute atomic E-state index is 12.2. The number of benzene rings is 2. The minimum absolute atomic E-state index is 0.162. The summed E-state index contributed by atoms with van der Waals surface area (Å²) in [7, 11) is 0. The Labute approximate surface area is 102 Å². The molecular formula is C16H17F. The molecule has 0 aliphatic rings. The van der Waals surface area contributed by atoms with Crippen molar-refractivity contribution in [3.05, 3.63) is 77.6 Å². The van der Waals surface area contributed by atoms with Gasteiger partial charge < -0.3 is 0 Å². The number of halogens is 1. The summed E-state index contributed by atoms with van der Waals surface area (Å²) in [5, 5.41) is 0. The summed E-state index contributed by atoms with van der Waals surface area (Å²) in [4.78, 5) is 0. The van der Waals surface area contributed by atoms with Gasteiger partial charge in [-0.25, -0.2) is 4.39 Å². The lowest BCUT2D eigenvalue weighted by molar-refractivity contribution is 0.626. The molecule has 0 radical (unpaired) electrons. The van der Waals surface area contributed by atoms with Gasteiger partial charge in [0.1, 0.15) is 5.82 Å². The average molecular weight is 228 g/mol. The molecule has 0 atom stereocenters. The van der Waals surface area contributed by atoms with Crippen LogP contribution in [0.3, 0.4) is 0 Å². The zero-order chi connectivity index (χ0) is 12.7. The van der Waals surface area contributed by atoms with Crippen molar-refractivity contribution in [3.8, 4) is 0 Å². The second kappa shape index (κ2) is 6.64. The van der Waals surface area contributed by atoms with Crippen molar-refractivity contribution < 1.29 is 4.39 Å². The first kappa shape index (κ1) is 13.2. The molecule has 0 nitrogen and oxygen atoms in total. The molecule has 0 spiro atoms. The van der Waals surface area contributed by atoms with E-state index in [4.69, 9.17) is 0 Å². The van der Waals surface area contributed by atoms with E-state index < -0.39 is 0 Å². The lowest BCUT2D eigenvalue weighted by Crippen LogP contribution is -1.72. The summed E-state index contributed by atoms with van der Waals surface area (Å²) in [5.41, 5.74) is 3.44. The molecule has 0 heterocycles. The average Bonchev–Trinajstić information content (AvgIpc) is 2.29. The van der Waals surface area contributed by atoms with E-state index in [0.29, 0.717) is 0 Å². The summed E-state index contributed by atoms with van der Waals surface area (Å²) in [6, 6.07) is 14.8. The molecule has 0 aliphatic heterocycles. The van der Waals surface area contributed by atoms with Crippen LogP contribution in [0.1, 0.15) is 16.7 Å². The van der Waals surface area contributed by atoms with Crippen molar-refractivity contribution in [1.29, 1.82) is 0 Å². The molecule has 0 bridgehead atoms. The maximum atomic E-state index is 12.2.